The van der Waals surface area contributed by atoms with Crippen molar-refractivity contribution in [2.75, 3.05) is 7.05 Å². The summed E-state index contributed by atoms with van der Waals surface area (Å²) in [6.07, 6.45) is -5.49. The molecule has 7 nitrogen and oxygen atoms in total. The summed E-state index contributed by atoms with van der Waals surface area (Å²) in [7, 11) is 1.30. The van der Waals surface area contributed by atoms with Gasteiger partial charge in [0.15, 0.2) is 6.10 Å². The van der Waals surface area contributed by atoms with Crippen molar-refractivity contribution in [2.45, 2.75) is 19.2 Å². The summed E-state index contributed by atoms with van der Waals surface area (Å²) in [5, 5.41) is 2.20. The van der Waals surface area contributed by atoms with Gasteiger partial charge in [-0.15, -0.1) is 0 Å². The number of carbonyl (C=O) groups is 2. The van der Waals surface area contributed by atoms with E-state index in [4.69, 9.17) is 9.47 Å². The number of Topliss-reactive ketones (excluding diaryl/α,β-unsaturated/α-hetero) is 1. The van der Waals surface area contributed by atoms with Gasteiger partial charge in [0, 0.05) is 19.3 Å². The summed E-state index contributed by atoms with van der Waals surface area (Å²) < 4.78 is 47.7. The van der Waals surface area contributed by atoms with Crippen molar-refractivity contribution in [2.24, 2.45) is 0 Å². The largest absolute Gasteiger partial charge is 0.465 e. The van der Waals surface area contributed by atoms with E-state index in [0.717, 1.165) is 19.2 Å². The van der Waals surface area contributed by atoms with Crippen molar-refractivity contribution in [1.82, 2.24) is 15.3 Å². The van der Waals surface area contributed by atoms with Crippen LogP contribution in [-0.4, -0.2) is 41.0 Å². The second kappa shape index (κ2) is 7.81. The fourth-order valence-corrected chi connectivity index (χ4v) is 1.77. The van der Waals surface area contributed by atoms with Crippen LogP contribution in [0, 0.1) is 0 Å². The highest BCUT2D eigenvalue weighted by Crippen LogP contribution is 2.27. The topological polar surface area (TPSA) is 90.4 Å². The van der Waals surface area contributed by atoms with Gasteiger partial charge in [-0.25, -0.2) is 4.98 Å². The maximum atomic E-state index is 12.6. The monoisotopic (exact) mass is 369 g/mol. The highest BCUT2D eigenvalue weighted by atomic mass is 19.4. The number of amides is 1. The molecule has 1 heterocycles. The van der Waals surface area contributed by atoms with Crippen LogP contribution in [-0.2, 0) is 4.79 Å². The average Bonchev–Trinajstić information content (AvgIpc) is 2.60. The zero-order valence-corrected chi connectivity index (χ0v) is 13.7. The lowest BCUT2D eigenvalue weighted by atomic mass is 10.1. The smallest absolute Gasteiger partial charge is 0.425 e. The number of ketones is 1. The summed E-state index contributed by atoms with van der Waals surface area (Å²) in [6.45, 7) is 0.833. The first kappa shape index (κ1) is 19.2. The van der Waals surface area contributed by atoms with Crippen molar-refractivity contribution in [3.8, 4) is 17.6 Å². The van der Waals surface area contributed by atoms with Crippen molar-refractivity contribution in [3.05, 3.63) is 42.1 Å². The molecule has 1 aromatic heterocycles. The summed E-state index contributed by atoms with van der Waals surface area (Å²) in [4.78, 5) is 31.0. The molecule has 1 amide bonds. The molecular formula is C16H14F3N3O4. The van der Waals surface area contributed by atoms with Gasteiger partial charge in [0.1, 0.15) is 5.75 Å². The molecule has 0 saturated heterocycles. The zero-order valence-electron chi connectivity index (χ0n) is 13.7. The zero-order chi connectivity index (χ0) is 19.3. The van der Waals surface area contributed by atoms with E-state index in [1.807, 2.05) is 0 Å². The van der Waals surface area contributed by atoms with E-state index < -0.39 is 24.0 Å². The maximum Gasteiger partial charge on any atom is 0.425 e. The molecule has 0 aliphatic heterocycles. The van der Waals surface area contributed by atoms with Gasteiger partial charge in [0.05, 0.1) is 5.56 Å². The lowest BCUT2D eigenvalue weighted by Crippen LogP contribution is -2.31. The van der Waals surface area contributed by atoms with Crippen molar-refractivity contribution in [3.63, 3.8) is 0 Å². The van der Waals surface area contributed by atoms with Crippen LogP contribution in [0.4, 0.5) is 13.2 Å². The number of para-hydroxylation sites is 1. The van der Waals surface area contributed by atoms with Crippen LogP contribution in [0.5, 0.6) is 17.6 Å². The minimum absolute atomic E-state index is 0.0258. The number of halogens is 3. The minimum atomic E-state index is -4.56. The summed E-state index contributed by atoms with van der Waals surface area (Å²) >= 11 is 0. The van der Waals surface area contributed by atoms with Crippen molar-refractivity contribution < 1.29 is 32.2 Å². The third-order valence-corrected chi connectivity index (χ3v) is 3.13. The standard InChI is InChI=1S/C16H14F3N3O4/c1-9(16(17,18)19)25-12-7-8-21-15(22-12)26-11-6-4-3-5-10(11)13(23)14(24)20-2/h3-9H,1-2H3,(H,20,24). The molecule has 0 fully saturated rings. The third kappa shape index (κ3) is 4.68. The van der Waals surface area contributed by atoms with Crippen LogP contribution in [0.25, 0.3) is 0 Å². The van der Waals surface area contributed by atoms with Gasteiger partial charge in [0.2, 0.25) is 5.88 Å². The second-order valence-corrected chi connectivity index (χ2v) is 4.99. The first-order valence-electron chi connectivity index (χ1n) is 7.32. The van der Waals surface area contributed by atoms with E-state index in [1.165, 1.54) is 25.2 Å². The van der Waals surface area contributed by atoms with Crippen LogP contribution in [0.2, 0.25) is 0 Å². The van der Waals surface area contributed by atoms with E-state index in [-0.39, 0.29) is 23.2 Å². The Balaban J connectivity index is 2.24. The lowest BCUT2D eigenvalue weighted by Gasteiger charge is -2.17. The molecule has 10 heteroatoms. The van der Waals surface area contributed by atoms with Crippen LogP contribution in [0.3, 0.4) is 0 Å². The molecule has 0 spiro atoms. The molecule has 138 valence electrons. The van der Waals surface area contributed by atoms with Gasteiger partial charge in [0.25, 0.3) is 11.7 Å². The fraction of sp³-hybridized carbons (Fsp3) is 0.250. The number of hydrogen-bond donors (Lipinski definition) is 1. The van der Waals surface area contributed by atoms with Crippen LogP contribution < -0.4 is 14.8 Å². The van der Waals surface area contributed by atoms with Crippen LogP contribution in [0.15, 0.2) is 36.5 Å². The van der Waals surface area contributed by atoms with E-state index >= 15 is 0 Å². The number of carbonyl (C=O) groups excluding carboxylic acids is 2. The quantitative estimate of drug-likeness (QED) is 0.622. The number of likely N-dealkylation sites (N-methyl/N-ethyl adjacent to an activating group) is 1. The molecule has 0 bridgehead atoms. The Bertz CT molecular complexity index is 811. The Morgan fingerprint density at radius 1 is 1.19 bits per heavy atom. The van der Waals surface area contributed by atoms with E-state index in [2.05, 4.69) is 15.3 Å². The molecule has 0 aliphatic rings. The molecule has 1 atom stereocenters. The molecule has 2 rings (SSSR count). The van der Waals surface area contributed by atoms with Crippen molar-refractivity contribution >= 4 is 11.7 Å². The summed E-state index contributed by atoms with van der Waals surface area (Å²) in [5.74, 6) is -2.07. The summed E-state index contributed by atoms with van der Waals surface area (Å²) in [5.41, 5.74) is -0.0505. The lowest BCUT2D eigenvalue weighted by molar-refractivity contribution is -0.190. The number of hydrogen-bond acceptors (Lipinski definition) is 6. The number of nitrogens with one attached hydrogen (secondary N) is 1. The van der Waals surface area contributed by atoms with E-state index in [9.17, 15) is 22.8 Å². The molecule has 0 aliphatic carbocycles. The molecule has 0 saturated carbocycles. The molecular weight excluding hydrogens is 355 g/mol. The second-order valence-electron chi connectivity index (χ2n) is 4.99. The predicted octanol–water partition coefficient (Wildman–Crippen LogP) is 2.53. The van der Waals surface area contributed by atoms with E-state index in [0.29, 0.717) is 0 Å². The Morgan fingerprint density at radius 2 is 1.88 bits per heavy atom. The first-order valence-corrected chi connectivity index (χ1v) is 7.32. The van der Waals surface area contributed by atoms with Crippen LogP contribution >= 0.6 is 0 Å². The highest BCUT2D eigenvalue weighted by Gasteiger charge is 2.38. The number of aromatic nitrogens is 2. The normalized spacial score (nSPS) is 12.2. The first-order chi connectivity index (χ1) is 12.2. The van der Waals surface area contributed by atoms with Gasteiger partial charge >= 0.3 is 12.2 Å². The Kier molecular flexibility index (Phi) is 5.75. The molecule has 1 unspecified atom stereocenters. The Morgan fingerprint density at radius 3 is 2.54 bits per heavy atom. The van der Waals surface area contributed by atoms with Gasteiger partial charge in [-0.05, 0) is 19.1 Å². The van der Waals surface area contributed by atoms with Gasteiger partial charge in [-0.3, -0.25) is 9.59 Å². The van der Waals surface area contributed by atoms with Gasteiger partial charge in [-0.2, -0.15) is 18.2 Å². The minimum Gasteiger partial charge on any atom is -0.465 e. The highest BCUT2D eigenvalue weighted by molar-refractivity contribution is 6.43. The van der Waals surface area contributed by atoms with Gasteiger partial charge < -0.3 is 14.8 Å². The Labute approximate surface area is 146 Å². The van der Waals surface area contributed by atoms with Crippen LogP contribution in [0.1, 0.15) is 17.3 Å². The molecule has 1 N–H and O–H groups in total. The molecule has 0 radical (unpaired) electrons. The average molecular weight is 369 g/mol. The molecule has 1 aromatic carbocycles. The maximum absolute atomic E-state index is 12.6. The molecule has 26 heavy (non-hydrogen) atoms. The number of rotatable bonds is 6. The van der Waals surface area contributed by atoms with Crippen molar-refractivity contribution in [1.29, 1.82) is 0 Å². The fourth-order valence-electron chi connectivity index (χ4n) is 1.77. The predicted molar refractivity (Wildman–Crippen MR) is 83.1 cm³/mol. The number of benzene rings is 1. The van der Waals surface area contributed by atoms with Gasteiger partial charge in [-0.1, -0.05) is 12.1 Å². The number of ether oxygens (including phenoxy) is 2. The third-order valence-electron chi connectivity index (χ3n) is 3.13. The van der Waals surface area contributed by atoms with E-state index in [1.54, 1.807) is 6.07 Å². The number of nitrogens with zero attached hydrogens (tertiary/aromatic N) is 2. The SMILES string of the molecule is CNC(=O)C(=O)c1ccccc1Oc1nccc(OC(C)C(F)(F)F)n1. The molecule has 2 aromatic rings. The Hall–Kier alpha value is -3.17. The summed E-state index contributed by atoms with van der Waals surface area (Å²) in [6, 6.07) is 6.62. The number of alkyl halides is 3.